The van der Waals surface area contributed by atoms with Crippen LogP contribution >= 0.6 is 0 Å². The lowest BCUT2D eigenvalue weighted by Gasteiger charge is -2.35. The molecule has 0 aliphatic heterocycles. The minimum absolute atomic E-state index is 0.0187. The van der Waals surface area contributed by atoms with E-state index in [0.717, 1.165) is 0 Å². The molecule has 30 heavy (non-hydrogen) atoms. The molecule has 0 saturated heterocycles. The second-order valence-corrected chi connectivity index (χ2v) is 7.79. The van der Waals surface area contributed by atoms with Gasteiger partial charge in [0.25, 0.3) is 11.5 Å². The third kappa shape index (κ3) is 4.59. The SMILES string of the molecule is CN(C)C(=O)C1CCC(C(N)=O)C(NC(=O)c2ccc(-n3ccccc3=O)cc2)C1. The molecule has 3 atom stereocenters. The van der Waals surface area contributed by atoms with Crippen molar-refractivity contribution >= 4 is 17.7 Å². The zero-order valence-corrected chi connectivity index (χ0v) is 17.1. The van der Waals surface area contributed by atoms with Crippen molar-refractivity contribution in [3.63, 3.8) is 0 Å². The van der Waals surface area contributed by atoms with Gasteiger partial charge in [0, 0.05) is 49.6 Å². The highest BCUT2D eigenvalue weighted by Crippen LogP contribution is 2.30. The number of primary amides is 1. The van der Waals surface area contributed by atoms with E-state index in [1.165, 1.54) is 15.5 Å². The summed E-state index contributed by atoms with van der Waals surface area (Å²) in [5.41, 5.74) is 6.40. The third-order valence-electron chi connectivity index (χ3n) is 5.55. The van der Waals surface area contributed by atoms with Crippen LogP contribution in [-0.2, 0) is 9.59 Å². The van der Waals surface area contributed by atoms with Gasteiger partial charge in [0.2, 0.25) is 11.8 Å². The lowest BCUT2D eigenvalue weighted by molar-refractivity contribution is -0.136. The Morgan fingerprint density at radius 2 is 1.77 bits per heavy atom. The molecule has 1 aliphatic rings. The summed E-state index contributed by atoms with van der Waals surface area (Å²) in [4.78, 5) is 50.5. The van der Waals surface area contributed by atoms with Crippen LogP contribution in [0.3, 0.4) is 0 Å². The molecule has 0 radical (unpaired) electrons. The Hall–Kier alpha value is -3.42. The molecule has 2 aromatic rings. The second kappa shape index (κ2) is 8.94. The van der Waals surface area contributed by atoms with Crippen LogP contribution in [0, 0.1) is 11.8 Å². The maximum absolute atomic E-state index is 12.8. The fourth-order valence-corrected chi connectivity index (χ4v) is 3.93. The highest BCUT2D eigenvalue weighted by molar-refractivity contribution is 5.95. The van der Waals surface area contributed by atoms with Crippen LogP contribution in [0.25, 0.3) is 5.69 Å². The fraction of sp³-hybridized carbons (Fsp3) is 0.364. The van der Waals surface area contributed by atoms with Crippen LogP contribution in [0.15, 0.2) is 53.5 Å². The Labute approximate surface area is 174 Å². The molecule has 1 heterocycles. The van der Waals surface area contributed by atoms with Gasteiger partial charge in [-0.2, -0.15) is 0 Å². The van der Waals surface area contributed by atoms with Crippen molar-refractivity contribution in [3.05, 3.63) is 64.6 Å². The molecule has 0 spiro atoms. The standard InChI is InChI=1S/C22H26N4O4/c1-25(2)22(30)15-8-11-17(20(23)28)18(13-15)24-21(29)14-6-9-16(10-7-14)26-12-4-3-5-19(26)27/h3-7,9-10,12,15,17-18H,8,11,13H2,1-2H3,(H2,23,28)(H,24,29). The zero-order valence-electron chi connectivity index (χ0n) is 17.1. The molecule has 3 unspecified atom stereocenters. The van der Waals surface area contributed by atoms with Gasteiger partial charge in [-0.3, -0.25) is 23.7 Å². The first-order valence-electron chi connectivity index (χ1n) is 9.87. The molecule has 1 aliphatic carbocycles. The first-order chi connectivity index (χ1) is 14.3. The van der Waals surface area contributed by atoms with Gasteiger partial charge in [0.1, 0.15) is 0 Å². The molecular formula is C22H26N4O4. The largest absolute Gasteiger partial charge is 0.369 e. The van der Waals surface area contributed by atoms with E-state index < -0.39 is 17.9 Å². The van der Waals surface area contributed by atoms with Crippen molar-refractivity contribution < 1.29 is 14.4 Å². The van der Waals surface area contributed by atoms with Gasteiger partial charge in [0.05, 0.1) is 5.92 Å². The Bertz CT molecular complexity index is 997. The van der Waals surface area contributed by atoms with Gasteiger partial charge in [-0.15, -0.1) is 0 Å². The van der Waals surface area contributed by atoms with Crippen LogP contribution in [0.5, 0.6) is 0 Å². The number of hydrogen-bond acceptors (Lipinski definition) is 4. The Morgan fingerprint density at radius 1 is 1.07 bits per heavy atom. The van der Waals surface area contributed by atoms with Crippen molar-refractivity contribution in [1.29, 1.82) is 0 Å². The highest BCUT2D eigenvalue weighted by Gasteiger charge is 2.38. The number of pyridine rings is 1. The molecule has 3 N–H and O–H groups in total. The number of hydrogen-bond donors (Lipinski definition) is 2. The Balaban J connectivity index is 1.75. The van der Waals surface area contributed by atoms with Crippen LogP contribution in [0.2, 0.25) is 0 Å². The molecule has 158 valence electrons. The maximum Gasteiger partial charge on any atom is 0.255 e. The average molecular weight is 410 g/mol. The predicted octanol–water partition coefficient (Wildman–Crippen LogP) is 0.926. The summed E-state index contributed by atoms with van der Waals surface area (Å²) in [5, 5.41) is 2.88. The lowest BCUT2D eigenvalue weighted by Crippen LogP contribution is -2.50. The number of carbonyl (C=O) groups excluding carboxylic acids is 3. The molecule has 8 nitrogen and oxygen atoms in total. The Kier molecular flexibility index (Phi) is 6.34. The van der Waals surface area contributed by atoms with Gasteiger partial charge in [-0.1, -0.05) is 6.07 Å². The number of benzene rings is 1. The monoisotopic (exact) mass is 410 g/mol. The van der Waals surface area contributed by atoms with Crippen LogP contribution < -0.4 is 16.6 Å². The number of amides is 3. The van der Waals surface area contributed by atoms with Gasteiger partial charge in [-0.25, -0.2) is 0 Å². The van der Waals surface area contributed by atoms with E-state index in [-0.39, 0.29) is 23.3 Å². The second-order valence-electron chi connectivity index (χ2n) is 7.79. The fourth-order valence-electron chi connectivity index (χ4n) is 3.93. The summed E-state index contributed by atoms with van der Waals surface area (Å²) in [5.74, 6) is -1.61. The summed E-state index contributed by atoms with van der Waals surface area (Å²) in [6.45, 7) is 0. The molecule has 1 fully saturated rings. The van der Waals surface area contributed by atoms with E-state index in [2.05, 4.69) is 5.32 Å². The van der Waals surface area contributed by atoms with E-state index in [9.17, 15) is 19.2 Å². The smallest absolute Gasteiger partial charge is 0.255 e. The number of carbonyl (C=O) groups is 3. The summed E-state index contributed by atoms with van der Waals surface area (Å²) < 4.78 is 1.48. The van der Waals surface area contributed by atoms with E-state index in [1.807, 2.05) is 0 Å². The number of nitrogens with two attached hydrogens (primary N) is 1. The minimum Gasteiger partial charge on any atom is -0.369 e. The van der Waals surface area contributed by atoms with Crippen LogP contribution in [-0.4, -0.2) is 47.3 Å². The normalized spacial score (nSPS) is 20.9. The summed E-state index contributed by atoms with van der Waals surface area (Å²) in [7, 11) is 3.38. The van der Waals surface area contributed by atoms with E-state index >= 15 is 0 Å². The predicted molar refractivity (Wildman–Crippen MR) is 112 cm³/mol. The quantitative estimate of drug-likeness (QED) is 0.763. The average Bonchev–Trinajstić information content (AvgIpc) is 2.73. The lowest BCUT2D eigenvalue weighted by atomic mass is 9.77. The first-order valence-corrected chi connectivity index (χ1v) is 9.87. The third-order valence-corrected chi connectivity index (χ3v) is 5.55. The molecule has 3 rings (SSSR count). The van der Waals surface area contributed by atoms with Gasteiger partial charge in [0.15, 0.2) is 0 Å². The highest BCUT2D eigenvalue weighted by atomic mass is 16.2. The van der Waals surface area contributed by atoms with Crippen molar-refractivity contribution in [3.8, 4) is 5.69 Å². The van der Waals surface area contributed by atoms with Crippen molar-refractivity contribution in [2.24, 2.45) is 17.6 Å². The molecule has 1 aromatic carbocycles. The Morgan fingerprint density at radius 3 is 2.37 bits per heavy atom. The molecule has 0 bridgehead atoms. The molecular weight excluding hydrogens is 384 g/mol. The van der Waals surface area contributed by atoms with E-state index in [4.69, 9.17) is 5.73 Å². The van der Waals surface area contributed by atoms with Crippen LogP contribution in [0.1, 0.15) is 29.6 Å². The molecule has 8 heteroatoms. The topological polar surface area (TPSA) is 114 Å². The van der Waals surface area contributed by atoms with Crippen molar-refractivity contribution in [2.75, 3.05) is 14.1 Å². The van der Waals surface area contributed by atoms with E-state index in [0.29, 0.717) is 30.5 Å². The molecule has 1 saturated carbocycles. The number of aromatic nitrogens is 1. The number of nitrogens with one attached hydrogen (secondary N) is 1. The van der Waals surface area contributed by atoms with Crippen LogP contribution in [0.4, 0.5) is 0 Å². The van der Waals surface area contributed by atoms with Gasteiger partial charge < -0.3 is 16.0 Å². The molecule has 1 aromatic heterocycles. The maximum atomic E-state index is 12.8. The summed E-state index contributed by atoms with van der Waals surface area (Å²) in [6.07, 6.45) is 3.05. The molecule has 3 amide bonds. The van der Waals surface area contributed by atoms with Crippen molar-refractivity contribution in [1.82, 2.24) is 14.8 Å². The first kappa shape index (κ1) is 21.3. The summed E-state index contributed by atoms with van der Waals surface area (Å²) in [6, 6.07) is 11.0. The van der Waals surface area contributed by atoms with Gasteiger partial charge in [-0.05, 0) is 49.6 Å². The minimum atomic E-state index is -0.512. The zero-order chi connectivity index (χ0) is 21.8. The van der Waals surface area contributed by atoms with Crippen molar-refractivity contribution in [2.45, 2.75) is 25.3 Å². The van der Waals surface area contributed by atoms with E-state index in [1.54, 1.807) is 56.7 Å². The number of rotatable bonds is 5. The van der Waals surface area contributed by atoms with Gasteiger partial charge >= 0.3 is 0 Å². The number of nitrogens with zero attached hydrogens (tertiary/aromatic N) is 2. The summed E-state index contributed by atoms with van der Waals surface area (Å²) >= 11 is 0.